The van der Waals surface area contributed by atoms with Crippen LogP contribution in [-0.4, -0.2) is 27.8 Å². The largest absolute Gasteiger partial charge is 0.350 e. The number of nitrogens with zero attached hydrogens (tertiary/aromatic N) is 2. The zero-order valence-electron chi connectivity index (χ0n) is 18.7. The third-order valence-corrected chi connectivity index (χ3v) is 6.30. The maximum absolute atomic E-state index is 13.5. The maximum Gasteiger partial charge on any atom is 0.255 e. The standard InChI is InChI=1S/C28H25N3O3/c32-26(29-17-20-8-2-1-3-9-20)19-31-25-13-7-6-12-23(25)24(16-27(31)33)28(34)30-15-14-21-10-4-5-11-22(21)18-30/h1-13,16H,14-15,17-19H2,(H,29,32). The number of para-hydroxylation sites is 1. The molecule has 0 unspecified atom stereocenters. The van der Waals surface area contributed by atoms with Crippen LogP contribution < -0.4 is 10.9 Å². The average molecular weight is 452 g/mol. The van der Waals surface area contributed by atoms with E-state index in [1.165, 1.54) is 16.2 Å². The lowest BCUT2D eigenvalue weighted by Gasteiger charge is -2.29. The lowest BCUT2D eigenvalue weighted by molar-refractivity contribution is -0.121. The van der Waals surface area contributed by atoms with Crippen LogP contribution in [0.4, 0.5) is 0 Å². The Bertz CT molecular complexity index is 1430. The van der Waals surface area contributed by atoms with Gasteiger partial charge in [0.15, 0.2) is 0 Å². The van der Waals surface area contributed by atoms with Crippen molar-refractivity contribution in [1.82, 2.24) is 14.8 Å². The quantitative estimate of drug-likeness (QED) is 0.505. The summed E-state index contributed by atoms with van der Waals surface area (Å²) in [4.78, 5) is 40.9. The van der Waals surface area contributed by atoms with Crippen LogP contribution >= 0.6 is 0 Å². The van der Waals surface area contributed by atoms with E-state index in [0.717, 1.165) is 17.5 Å². The van der Waals surface area contributed by atoms with E-state index in [9.17, 15) is 14.4 Å². The second-order valence-corrected chi connectivity index (χ2v) is 8.51. The van der Waals surface area contributed by atoms with Crippen LogP contribution in [0.1, 0.15) is 27.0 Å². The molecule has 5 rings (SSSR count). The number of aromatic nitrogens is 1. The first-order valence-electron chi connectivity index (χ1n) is 11.4. The Labute approximate surface area is 197 Å². The fourth-order valence-electron chi connectivity index (χ4n) is 4.51. The predicted molar refractivity (Wildman–Crippen MR) is 131 cm³/mol. The van der Waals surface area contributed by atoms with Gasteiger partial charge in [0.1, 0.15) is 6.54 Å². The lowest BCUT2D eigenvalue weighted by Crippen LogP contribution is -2.37. The van der Waals surface area contributed by atoms with Crippen molar-refractivity contribution in [3.05, 3.63) is 118 Å². The van der Waals surface area contributed by atoms with E-state index in [1.807, 2.05) is 66.7 Å². The minimum Gasteiger partial charge on any atom is -0.350 e. The summed E-state index contributed by atoms with van der Waals surface area (Å²) in [5.41, 5.74) is 3.96. The molecule has 0 radical (unpaired) electrons. The molecular formula is C28H25N3O3. The summed E-state index contributed by atoms with van der Waals surface area (Å²) in [5.74, 6) is -0.425. The van der Waals surface area contributed by atoms with Gasteiger partial charge in [-0.1, -0.05) is 72.8 Å². The van der Waals surface area contributed by atoms with E-state index in [1.54, 1.807) is 11.0 Å². The van der Waals surface area contributed by atoms with Crippen molar-refractivity contribution in [3.63, 3.8) is 0 Å². The summed E-state index contributed by atoms with van der Waals surface area (Å²) in [7, 11) is 0. The average Bonchev–Trinajstić information content (AvgIpc) is 2.89. The number of hydrogen-bond donors (Lipinski definition) is 1. The van der Waals surface area contributed by atoms with Crippen molar-refractivity contribution in [2.24, 2.45) is 0 Å². The molecule has 0 fully saturated rings. The zero-order chi connectivity index (χ0) is 23.5. The van der Waals surface area contributed by atoms with Gasteiger partial charge in [-0.25, -0.2) is 0 Å². The van der Waals surface area contributed by atoms with Gasteiger partial charge in [-0.05, 0) is 29.2 Å². The SMILES string of the molecule is O=C(Cn1c(=O)cc(C(=O)N2CCc3ccccc3C2)c2ccccc21)NCc1ccccc1. The highest BCUT2D eigenvalue weighted by molar-refractivity contribution is 6.06. The molecule has 1 aliphatic rings. The predicted octanol–water partition coefficient (Wildman–Crippen LogP) is 3.52. The maximum atomic E-state index is 13.5. The van der Waals surface area contributed by atoms with Crippen LogP contribution in [0, 0.1) is 0 Å². The van der Waals surface area contributed by atoms with Crippen LogP contribution in [-0.2, 0) is 30.8 Å². The van der Waals surface area contributed by atoms with Gasteiger partial charge in [0, 0.05) is 31.1 Å². The summed E-state index contributed by atoms with van der Waals surface area (Å²) < 4.78 is 1.43. The first-order chi connectivity index (χ1) is 16.6. The summed E-state index contributed by atoms with van der Waals surface area (Å²) in [5, 5.41) is 3.53. The van der Waals surface area contributed by atoms with Crippen molar-refractivity contribution in [2.45, 2.75) is 26.1 Å². The number of carbonyl (C=O) groups is 2. The van der Waals surface area contributed by atoms with Crippen LogP contribution in [0.5, 0.6) is 0 Å². The Kier molecular flexibility index (Phi) is 5.95. The Morgan fingerprint density at radius 2 is 1.56 bits per heavy atom. The normalized spacial score (nSPS) is 12.9. The van der Waals surface area contributed by atoms with E-state index in [4.69, 9.17) is 0 Å². The molecule has 1 N–H and O–H groups in total. The number of nitrogens with one attached hydrogen (secondary N) is 1. The van der Waals surface area contributed by atoms with Gasteiger partial charge in [0.25, 0.3) is 11.5 Å². The van der Waals surface area contributed by atoms with Crippen molar-refractivity contribution < 1.29 is 9.59 Å². The van der Waals surface area contributed by atoms with Gasteiger partial charge in [0.05, 0.1) is 11.1 Å². The number of pyridine rings is 1. The molecule has 0 saturated carbocycles. The molecule has 34 heavy (non-hydrogen) atoms. The van der Waals surface area contributed by atoms with Gasteiger partial charge < -0.3 is 10.2 Å². The molecule has 0 spiro atoms. The third kappa shape index (κ3) is 4.35. The molecule has 2 heterocycles. The summed E-state index contributed by atoms with van der Waals surface area (Å²) >= 11 is 0. The number of rotatable bonds is 5. The second-order valence-electron chi connectivity index (χ2n) is 8.51. The first-order valence-corrected chi connectivity index (χ1v) is 11.4. The summed E-state index contributed by atoms with van der Waals surface area (Å²) in [6, 6.07) is 26.4. The number of carbonyl (C=O) groups excluding carboxylic acids is 2. The van der Waals surface area contributed by atoms with Crippen molar-refractivity contribution >= 4 is 22.7 Å². The lowest BCUT2D eigenvalue weighted by atomic mass is 9.98. The monoisotopic (exact) mass is 451 g/mol. The van der Waals surface area contributed by atoms with Crippen LogP contribution in [0.25, 0.3) is 10.9 Å². The summed E-state index contributed by atoms with van der Waals surface area (Å²) in [6.07, 6.45) is 0.790. The number of benzene rings is 3. The molecule has 170 valence electrons. The molecule has 0 bridgehead atoms. The van der Waals surface area contributed by atoms with Gasteiger partial charge in [-0.2, -0.15) is 0 Å². The van der Waals surface area contributed by atoms with Crippen LogP contribution in [0.3, 0.4) is 0 Å². The fraction of sp³-hybridized carbons (Fsp3) is 0.179. The van der Waals surface area contributed by atoms with Crippen molar-refractivity contribution in [3.8, 4) is 0 Å². The van der Waals surface area contributed by atoms with Gasteiger partial charge in [-0.15, -0.1) is 0 Å². The van der Waals surface area contributed by atoms with Gasteiger partial charge >= 0.3 is 0 Å². The molecule has 3 aromatic carbocycles. The van der Waals surface area contributed by atoms with Crippen molar-refractivity contribution in [2.75, 3.05) is 6.54 Å². The molecule has 6 nitrogen and oxygen atoms in total. The third-order valence-electron chi connectivity index (χ3n) is 6.30. The topological polar surface area (TPSA) is 71.4 Å². The number of hydrogen-bond acceptors (Lipinski definition) is 3. The van der Waals surface area contributed by atoms with E-state index in [2.05, 4.69) is 11.4 Å². The molecule has 6 heteroatoms. The van der Waals surface area contributed by atoms with E-state index in [0.29, 0.717) is 36.1 Å². The smallest absolute Gasteiger partial charge is 0.255 e. The first kappa shape index (κ1) is 21.6. The molecule has 4 aromatic rings. The Morgan fingerprint density at radius 3 is 2.38 bits per heavy atom. The molecule has 0 atom stereocenters. The van der Waals surface area contributed by atoms with Crippen LogP contribution in [0.2, 0.25) is 0 Å². The fourth-order valence-corrected chi connectivity index (χ4v) is 4.51. The van der Waals surface area contributed by atoms with Gasteiger partial charge in [0.2, 0.25) is 5.91 Å². The Balaban J connectivity index is 1.41. The molecular weight excluding hydrogens is 426 g/mol. The van der Waals surface area contributed by atoms with E-state index < -0.39 is 0 Å². The van der Waals surface area contributed by atoms with E-state index in [-0.39, 0.29) is 23.9 Å². The molecule has 1 aliphatic heterocycles. The van der Waals surface area contributed by atoms with Crippen molar-refractivity contribution in [1.29, 1.82) is 0 Å². The minimum absolute atomic E-state index is 0.113. The van der Waals surface area contributed by atoms with Gasteiger partial charge in [-0.3, -0.25) is 19.0 Å². The molecule has 0 aliphatic carbocycles. The van der Waals surface area contributed by atoms with Crippen LogP contribution in [0.15, 0.2) is 89.7 Å². The zero-order valence-corrected chi connectivity index (χ0v) is 18.7. The van der Waals surface area contributed by atoms with E-state index >= 15 is 0 Å². The second kappa shape index (κ2) is 9.35. The molecule has 2 amide bonds. The molecule has 0 saturated heterocycles. The molecule has 1 aromatic heterocycles. The number of fused-ring (bicyclic) bond motifs is 2. The highest BCUT2D eigenvalue weighted by Gasteiger charge is 2.24. The Morgan fingerprint density at radius 1 is 0.853 bits per heavy atom. The number of amides is 2. The summed E-state index contributed by atoms with van der Waals surface area (Å²) in [6.45, 7) is 1.40. The minimum atomic E-state index is -0.366. The highest BCUT2D eigenvalue weighted by Crippen LogP contribution is 2.23. The highest BCUT2D eigenvalue weighted by atomic mass is 16.2. The Hall–Kier alpha value is -4.19.